The highest BCUT2D eigenvalue weighted by Crippen LogP contribution is 2.33. The molecule has 0 bridgehead atoms. The quantitative estimate of drug-likeness (QED) is 0.919. The Labute approximate surface area is 139 Å². The molecule has 122 valence electrons. The number of fused-ring (bicyclic) bond motifs is 1. The van der Waals surface area contributed by atoms with Crippen LogP contribution in [-0.2, 0) is 26.1 Å². The van der Waals surface area contributed by atoms with Gasteiger partial charge in [0.1, 0.15) is 5.82 Å². The first kappa shape index (κ1) is 16.0. The highest BCUT2D eigenvalue weighted by atomic mass is 35.5. The van der Waals surface area contributed by atoms with Gasteiger partial charge in [-0.15, -0.1) is 0 Å². The van der Waals surface area contributed by atoms with Crippen molar-refractivity contribution in [3.63, 3.8) is 0 Å². The summed E-state index contributed by atoms with van der Waals surface area (Å²) in [5.41, 5.74) is 1.76. The minimum Gasteiger partial charge on any atom is -0.310 e. The molecule has 0 fully saturated rings. The molecule has 1 N–H and O–H groups in total. The molecule has 2 aromatic rings. The maximum Gasteiger partial charge on any atom is 0.228 e. The standard InChI is InChI=1S/C15H16ClN3O3S/c1-9(2)15(20)17-14-12-7-23(21,22)8-13(12)18-19(14)11-5-3-10(16)4-6-11/h3-6,9H,7-8H2,1-2H3,(H,17,20). The fraction of sp³-hybridized carbons (Fsp3) is 0.333. The van der Waals surface area contributed by atoms with E-state index >= 15 is 0 Å². The lowest BCUT2D eigenvalue weighted by molar-refractivity contribution is -0.118. The lowest BCUT2D eigenvalue weighted by atomic mass is 10.2. The van der Waals surface area contributed by atoms with Crippen LogP contribution in [0.5, 0.6) is 0 Å². The normalized spacial score (nSPS) is 15.7. The second-order valence-electron chi connectivity index (χ2n) is 5.84. The lowest BCUT2D eigenvalue weighted by Crippen LogP contribution is -2.21. The van der Waals surface area contributed by atoms with E-state index in [9.17, 15) is 13.2 Å². The molecule has 1 amide bonds. The van der Waals surface area contributed by atoms with E-state index in [0.717, 1.165) is 0 Å². The zero-order valence-corrected chi connectivity index (χ0v) is 14.3. The molecule has 0 radical (unpaired) electrons. The van der Waals surface area contributed by atoms with Crippen molar-refractivity contribution in [2.24, 2.45) is 5.92 Å². The third-order valence-electron chi connectivity index (χ3n) is 3.62. The van der Waals surface area contributed by atoms with Crippen molar-refractivity contribution in [3.8, 4) is 5.69 Å². The van der Waals surface area contributed by atoms with E-state index in [0.29, 0.717) is 27.8 Å². The van der Waals surface area contributed by atoms with Crippen molar-refractivity contribution in [2.45, 2.75) is 25.4 Å². The van der Waals surface area contributed by atoms with Crippen LogP contribution in [0.15, 0.2) is 24.3 Å². The van der Waals surface area contributed by atoms with Gasteiger partial charge >= 0.3 is 0 Å². The topological polar surface area (TPSA) is 81.1 Å². The fourth-order valence-corrected chi connectivity index (χ4v) is 4.02. The highest BCUT2D eigenvalue weighted by Gasteiger charge is 2.33. The van der Waals surface area contributed by atoms with E-state index in [2.05, 4.69) is 10.4 Å². The highest BCUT2D eigenvalue weighted by molar-refractivity contribution is 7.90. The molecule has 1 aliphatic heterocycles. The molecule has 6 nitrogen and oxygen atoms in total. The number of benzene rings is 1. The Balaban J connectivity index is 2.10. The van der Waals surface area contributed by atoms with Crippen molar-refractivity contribution >= 4 is 33.2 Å². The van der Waals surface area contributed by atoms with E-state index in [-0.39, 0.29) is 23.3 Å². The van der Waals surface area contributed by atoms with E-state index in [1.165, 1.54) is 0 Å². The van der Waals surface area contributed by atoms with Gasteiger partial charge in [0.05, 0.1) is 22.9 Å². The van der Waals surface area contributed by atoms with Crippen LogP contribution in [0.2, 0.25) is 5.02 Å². The van der Waals surface area contributed by atoms with Crippen molar-refractivity contribution in [2.75, 3.05) is 5.32 Å². The summed E-state index contributed by atoms with van der Waals surface area (Å²) >= 11 is 5.90. The van der Waals surface area contributed by atoms with E-state index in [4.69, 9.17) is 11.6 Å². The van der Waals surface area contributed by atoms with Gasteiger partial charge in [0.2, 0.25) is 5.91 Å². The molecule has 0 unspecified atom stereocenters. The van der Waals surface area contributed by atoms with Crippen molar-refractivity contribution in [3.05, 3.63) is 40.5 Å². The first-order chi connectivity index (χ1) is 10.8. The van der Waals surface area contributed by atoms with E-state index < -0.39 is 9.84 Å². The van der Waals surface area contributed by atoms with Crippen LogP contribution in [-0.4, -0.2) is 24.1 Å². The first-order valence-corrected chi connectivity index (χ1v) is 9.35. The molecule has 3 rings (SSSR count). The fourth-order valence-electron chi connectivity index (χ4n) is 2.40. The average molecular weight is 354 g/mol. The van der Waals surface area contributed by atoms with E-state index in [1.54, 1.807) is 42.8 Å². The predicted molar refractivity (Wildman–Crippen MR) is 88.4 cm³/mol. The number of sulfone groups is 1. The summed E-state index contributed by atoms with van der Waals surface area (Å²) in [5.74, 6) is -0.205. The number of anilines is 1. The van der Waals surface area contributed by atoms with Crippen LogP contribution < -0.4 is 5.32 Å². The molecule has 0 atom stereocenters. The van der Waals surface area contributed by atoms with Gasteiger partial charge in [-0.25, -0.2) is 13.1 Å². The van der Waals surface area contributed by atoms with Crippen LogP contribution in [0.4, 0.5) is 5.82 Å². The van der Waals surface area contributed by atoms with Gasteiger partial charge in [0.25, 0.3) is 0 Å². The monoisotopic (exact) mass is 353 g/mol. The lowest BCUT2D eigenvalue weighted by Gasteiger charge is -2.12. The zero-order chi connectivity index (χ0) is 16.8. The smallest absolute Gasteiger partial charge is 0.228 e. The molecular formula is C15H16ClN3O3S. The van der Waals surface area contributed by atoms with Crippen molar-refractivity contribution < 1.29 is 13.2 Å². The molecule has 23 heavy (non-hydrogen) atoms. The maximum absolute atomic E-state index is 12.1. The number of amides is 1. The summed E-state index contributed by atoms with van der Waals surface area (Å²) in [6, 6.07) is 6.97. The summed E-state index contributed by atoms with van der Waals surface area (Å²) in [7, 11) is -3.19. The number of hydrogen-bond acceptors (Lipinski definition) is 4. The molecule has 1 aromatic heterocycles. The van der Waals surface area contributed by atoms with Gasteiger partial charge in [0.15, 0.2) is 9.84 Å². The van der Waals surface area contributed by atoms with Gasteiger partial charge in [0, 0.05) is 16.5 Å². The maximum atomic E-state index is 12.1. The van der Waals surface area contributed by atoms with Gasteiger partial charge in [-0.1, -0.05) is 25.4 Å². The number of rotatable bonds is 3. The molecule has 1 aromatic carbocycles. The number of carbonyl (C=O) groups is 1. The average Bonchev–Trinajstić information content (AvgIpc) is 2.93. The predicted octanol–water partition coefficient (Wildman–Crippen LogP) is 2.55. The molecular weight excluding hydrogens is 338 g/mol. The number of halogens is 1. The number of aromatic nitrogens is 2. The van der Waals surface area contributed by atoms with Gasteiger partial charge in [-0.2, -0.15) is 5.10 Å². The minimum absolute atomic E-state index is 0.104. The Hall–Kier alpha value is -1.86. The van der Waals surface area contributed by atoms with Crippen molar-refractivity contribution in [1.29, 1.82) is 0 Å². The second-order valence-corrected chi connectivity index (χ2v) is 8.34. The van der Waals surface area contributed by atoms with Crippen LogP contribution in [0.25, 0.3) is 5.69 Å². The Morgan fingerprint density at radius 2 is 1.91 bits per heavy atom. The Kier molecular flexibility index (Phi) is 3.93. The number of carbonyl (C=O) groups excluding carboxylic acids is 1. The third kappa shape index (κ3) is 3.11. The molecule has 0 spiro atoms. The van der Waals surface area contributed by atoms with E-state index in [1.807, 2.05) is 0 Å². The SMILES string of the molecule is CC(C)C(=O)Nc1c2c(nn1-c1ccc(Cl)cc1)CS(=O)(=O)C2. The van der Waals surface area contributed by atoms with Crippen LogP contribution in [0.1, 0.15) is 25.1 Å². The summed E-state index contributed by atoms with van der Waals surface area (Å²) in [4.78, 5) is 12.1. The molecule has 0 saturated carbocycles. The largest absolute Gasteiger partial charge is 0.310 e. The molecule has 1 aliphatic rings. The Bertz CT molecular complexity index is 870. The van der Waals surface area contributed by atoms with Crippen LogP contribution in [0, 0.1) is 5.92 Å². The second kappa shape index (κ2) is 5.65. The third-order valence-corrected chi connectivity index (χ3v) is 5.32. The zero-order valence-electron chi connectivity index (χ0n) is 12.7. The Morgan fingerprint density at radius 1 is 1.26 bits per heavy atom. The summed E-state index contributed by atoms with van der Waals surface area (Å²) in [5, 5.41) is 7.77. The summed E-state index contributed by atoms with van der Waals surface area (Å²) in [6.07, 6.45) is 0. The van der Waals surface area contributed by atoms with Crippen LogP contribution in [0.3, 0.4) is 0 Å². The van der Waals surface area contributed by atoms with Crippen LogP contribution >= 0.6 is 11.6 Å². The number of hydrogen-bond donors (Lipinski definition) is 1. The Morgan fingerprint density at radius 3 is 2.52 bits per heavy atom. The minimum atomic E-state index is -3.19. The van der Waals surface area contributed by atoms with Gasteiger partial charge in [-0.05, 0) is 24.3 Å². The number of nitrogens with zero attached hydrogens (tertiary/aromatic N) is 2. The van der Waals surface area contributed by atoms with Gasteiger partial charge in [-0.3, -0.25) is 4.79 Å². The van der Waals surface area contributed by atoms with Crippen molar-refractivity contribution in [1.82, 2.24) is 9.78 Å². The molecule has 0 saturated heterocycles. The molecule has 8 heteroatoms. The summed E-state index contributed by atoms with van der Waals surface area (Å²) in [6.45, 7) is 3.55. The number of nitrogens with one attached hydrogen (secondary N) is 1. The van der Waals surface area contributed by atoms with Gasteiger partial charge < -0.3 is 5.32 Å². The molecule has 2 heterocycles. The molecule has 0 aliphatic carbocycles. The summed E-state index contributed by atoms with van der Waals surface area (Å²) < 4.78 is 25.2. The first-order valence-electron chi connectivity index (χ1n) is 7.15.